The first-order chi connectivity index (χ1) is 13.7. The Labute approximate surface area is 165 Å². The van der Waals surface area contributed by atoms with Gasteiger partial charge in [0.05, 0.1) is 6.04 Å². The summed E-state index contributed by atoms with van der Waals surface area (Å²) in [5.41, 5.74) is 5.01. The van der Waals surface area contributed by atoms with Gasteiger partial charge < -0.3 is 10.6 Å². The summed E-state index contributed by atoms with van der Waals surface area (Å²) in [6.07, 6.45) is 10.1. The summed E-state index contributed by atoms with van der Waals surface area (Å²) in [5.74, 6) is 0.729. The number of hydrogen-bond acceptors (Lipinski definition) is 3. The van der Waals surface area contributed by atoms with E-state index in [0.29, 0.717) is 6.54 Å². The number of fused-ring (bicyclic) bond motifs is 1. The molecule has 1 unspecified atom stereocenters. The molecule has 6 heteroatoms. The summed E-state index contributed by atoms with van der Waals surface area (Å²) in [7, 11) is 0. The Morgan fingerprint density at radius 2 is 2.00 bits per heavy atom. The summed E-state index contributed by atoms with van der Waals surface area (Å²) in [6.45, 7) is 2.45. The van der Waals surface area contributed by atoms with Crippen LogP contribution in [0.3, 0.4) is 0 Å². The van der Waals surface area contributed by atoms with Gasteiger partial charge in [-0.15, -0.1) is 0 Å². The molecule has 2 N–H and O–H groups in total. The number of carbonyl (C=O) groups is 1. The number of nitrogens with zero attached hydrogens (tertiary/aromatic N) is 3. The lowest BCUT2D eigenvalue weighted by atomic mass is 9.89. The standard InChI is InChI=1S/C22H25N5O/c1-16(19-8-7-18-5-2-3-6-20(18)14-19)26-22(28)24-15-17-9-11-23-21(13-17)27-12-4-10-25-27/h4,7-14,16H,2-3,5-6,15H2,1H3,(H2,24,26,28). The van der Waals surface area contributed by atoms with E-state index in [-0.39, 0.29) is 12.1 Å². The third-order valence-corrected chi connectivity index (χ3v) is 5.22. The Bertz CT molecular complexity index is 951. The number of aromatic nitrogens is 3. The number of nitrogens with one attached hydrogen (secondary N) is 2. The first kappa shape index (κ1) is 18.2. The first-order valence-electron chi connectivity index (χ1n) is 9.80. The van der Waals surface area contributed by atoms with Crippen LogP contribution in [0.25, 0.3) is 5.82 Å². The molecular weight excluding hydrogens is 350 g/mol. The number of amides is 2. The van der Waals surface area contributed by atoms with Crippen LogP contribution in [0.15, 0.2) is 55.0 Å². The second-order valence-electron chi connectivity index (χ2n) is 7.26. The lowest BCUT2D eigenvalue weighted by molar-refractivity contribution is 0.237. The van der Waals surface area contributed by atoms with Gasteiger partial charge in [0.1, 0.15) is 0 Å². The van der Waals surface area contributed by atoms with E-state index in [0.717, 1.165) is 23.4 Å². The summed E-state index contributed by atoms with van der Waals surface area (Å²) >= 11 is 0. The normalized spacial score (nSPS) is 14.2. The number of aryl methyl sites for hydroxylation is 2. The maximum absolute atomic E-state index is 12.3. The molecule has 0 aliphatic heterocycles. The SMILES string of the molecule is CC(NC(=O)NCc1ccnc(-n2cccn2)c1)c1ccc2c(c1)CCCC2. The topological polar surface area (TPSA) is 71.8 Å². The Balaban J connectivity index is 1.34. The lowest BCUT2D eigenvalue weighted by Crippen LogP contribution is -2.36. The summed E-state index contributed by atoms with van der Waals surface area (Å²) in [5, 5.41) is 10.1. The first-order valence-corrected chi connectivity index (χ1v) is 9.80. The zero-order chi connectivity index (χ0) is 19.3. The van der Waals surface area contributed by atoms with Crippen LogP contribution in [-0.2, 0) is 19.4 Å². The number of carbonyl (C=O) groups excluding carboxylic acids is 1. The quantitative estimate of drug-likeness (QED) is 0.714. The van der Waals surface area contributed by atoms with Crippen LogP contribution in [-0.4, -0.2) is 20.8 Å². The molecule has 1 aliphatic carbocycles. The molecule has 2 amide bonds. The van der Waals surface area contributed by atoms with E-state index in [2.05, 4.69) is 38.9 Å². The second-order valence-corrected chi connectivity index (χ2v) is 7.26. The molecule has 28 heavy (non-hydrogen) atoms. The number of urea groups is 1. The van der Waals surface area contributed by atoms with Crippen molar-refractivity contribution in [3.63, 3.8) is 0 Å². The monoisotopic (exact) mass is 375 g/mol. The average molecular weight is 375 g/mol. The molecule has 2 heterocycles. The van der Waals surface area contributed by atoms with Gasteiger partial charge in [-0.3, -0.25) is 0 Å². The minimum absolute atomic E-state index is 0.0377. The van der Waals surface area contributed by atoms with E-state index in [9.17, 15) is 4.79 Å². The lowest BCUT2D eigenvalue weighted by Gasteiger charge is -2.20. The number of hydrogen-bond donors (Lipinski definition) is 2. The van der Waals surface area contributed by atoms with E-state index in [1.54, 1.807) is 17.1 Å². The van der Waals surface area contributed by atoms with Crippen molar-refractivity contribution in [3.05, 3.63) is 77.2 Å². The van der Waals surface area contributed by atoms with Crippen molar-refractivity contribution in [1.29, 1.82) is 0 Å². The molecule has 4 rings (SSSR count). The third-order valence-electron chi connectivity index (χ3n) is 5.22. The highest BCUT2D eigenvalue weighted by molar-refractivity contribution is 5.74. The van der Waals surface area contributed by atoms with Crippen molar-refractivity contribution in [2.24, 2.45) is 0 Å². The van der Waals surface area contributed by atoms with Gasteiger partial charge in [0.15, 0.2) is 5.82 Å². The van der Waals surface area contributed by atoms with Crippen LogP contribution in [0.4, 0.5) is 4.79 Å². The van der Waals surface area contributed by atoms with Gasteiger partial charge in [0.25, 0.3) is 0 Å². The van der Waals surface area contributed by atoms with Crippen LogP contribution in [0.5, 0.6) is 0 Å². The van der Waals surface area contributed by atoms with Gasteiger partial charge in [-0.05, 0) is 73.1 Å². The molecule has 1 aliphatic rings. The minimum atomic E-state index is -0.178. The molecule has 3 aromatic rings. The van der Waals surface area contributed by atoms with Crippen LogP contribution in [0.2, 0.25) is 0 Å². The van der Waals surface area contributed by atoms with Crippen molar-refractivity contribution in [1.82, 2.24) is 25.4 Å². The van der Waals surface area contributed by atoms with E-state index in [1.807, 2.05) is 31.3 Å². The molecular formula is C22H25N5O. The fourth-order valence-electron chi connectivity index (χ4n) is 3.64. The zero-order valence-electron chi connectivity index (χ0n) is 16.1. The fraction of sp³-hybridized carbons (Fsp3) is 0.318. The molecule has 1 atom stereocenters. The molecule has 0 bridgehead atoms. The molecule has 0 fully saturated rings. The van der Waals surface area contributed by atoms with Gasteiger partial charge in [-0.2, -0.15) is 5.10 Å². The highest BCUT2D eigenvalue weighted by Gasteiger charge is 2.14. The van der Waals surface area contributed by atoms with Crippen LogP contribution in [0, 0.1) is 0 Å². The van der Waals surface area contributed by atoms with Gasteiger partial charge in [-0.25, -0.2) is 14.5 Å². The Kier molecular flexibility index (Phi) is 5.37. The van der Waals surface area contributed by atoms with Crippen LogP contribution >= 0.6 is 0 Å². The van der Waals surface area contributed by atoms with E-state index >= 15 is 0 Å². The summed E-state index contributed by atoms with van der Waals surface area (Å²) < 4.78 is 1.70. The molecule has 144 valence electrons. The maximum atomic E-state index is 12.3. The highest BCUT2D eigenvalue weighted by Crippen LogP contribution is 2.24. The fourth-order valence-corrected chi connectivity index (χ4v) is 3.64. The average Bonchev–Trinajstić information content (AvgIpc) is 3.27. The third kappa shape index (κ3) is 4.22. The smallest absolute Gasteiger partial charge is 0.315 e. The van der Waals surface area contributed by atoms with Crippen molar-refractivity contribution in [2.75, 3.05) is 0 Å². The van der Waals surface area contributed by atoms with Gasteiger partial charge in [-0.1, -0.05) is 18.2 Å². The van der Waals surface area contributed by atoms with Gasteiger partial charge in [0.2, 0.25) is 0 Å². The zero-order valence-corrected chi connectivity index (χ0v) is 16.1. The van der Waals surface area contributed by atoms with E-state index in [4.69, 9.17) is 0 Å². The van der Waals surface area contributed by atoms with Crippen molar-refractivity contribution in [3.8, 4) is 5.82 Å². The predicted molar refractivity (Wildman–Crippen MR) is 108 cm³/mol. The molecule has 0 saturated carbocycles. The molecule has 0 radical (unpaired) electrons. The van der Waals surface area contributed by atoms with Gasteiger partial charge >= 0.3 is 6.03 Å². The molecule has 0 saturated heterocycles. The summed E-state index contributed by atoms with van der Waals surface area (Å²) in [6, 6.07) is 12.0. The molecule has 0 spiro atoms. The summed E-state index contributed by atoms with van der Waals surface area (Å²) in [4.78, 5) is 16.7. The maximum Gasteiger partial charge on any atom is 0.315 e. The Morgan fingerprint density at radius 1 is 1.14 bits per heavy atom. The highest BCUT2D eigenvalue weighted by atomic mass is 16.2. The van der Waals surface area contributed by atoms with Crippen LogP contribution in [0.1, 0.15) is 48.1 Å². The number of rotatable bonds is 5. The molecule has 2 aromatic heterocycles. The van der Waals surface area contributed by atoms with Gasteiger partial charge in [0, 0.05) is 25.1 Å². The Hall–Kier alpha value is -3.15. The van der Waals surface area contributed by atoms with Crippen molar-refractivity contribution in [2.45, 2.75) is 45.2 Å². The number of benzene rings is 1. The van der Waals surface area contributed by atoms with Crippen LogP contribution < -0.4 is 10.6 Å². The molecule has 1 aromatic carbocycles. The number of pyridine rings is 1. The van der Waals surface area contributed by atoms with Crippen molar-refractivity contribution < 1.29 is 4.79 Å². The van der Waals surface area contributed by atoms with Crippen molar-refractivity contribution >= 4 is 6.03 Å². The minimum Gasteiger partial charge on any atom is -0.334 e. The second kappa shape index (κ2) is 8.25. The predicted octanol–water partition coefficient (Wildman–Crippen LogP) is 3.71. The van der Waals surface area contributed by atoms with E-state index in [1.165, 1.54) is 30.4 Å². The van der Waals surface area contributed by atoms with E-state index < -0.39 is 0 Å². The molecule has 6 nitrogen and oxygen atoms in total. The largest absolute Gasteiger partial charge is 0.334 e. The Morgan fingerprint density at radius 3 is 2.82 bits per heavy atom.